The van der Waals surface area contributed by atoms with Gasteiger partial charge in [-0.25, -0.2) is 4.68 Å². The fraction of sp³-hybridized carbons (Fsp3) is 0.562. The molecule has 2 unspecified atom stereocenters. The van der Waals surface area contributed by atoms with Crippen molar-refractivity contribution in [1.29, 1.82) is 0 Å². The number of rotatable bonds is 6. The summed E-state index contributed by atoms with van der Waals surface area (Å²) in [6.07, 6.45) is 5.59. The molecular formula is C16H23N7O3. The van der Waals surface area contributed by atoms with Gasteiger partial charge in [0.1, 0.15) is 5.69 Å². The summed E-state index contributed by atoms with van der Waals surface area (Å²) in [5, 5.41) is 14.4. The van der Waals surface area contributed by atoms with E-state index in [1.807, 2.05) is 0 Å². The van der Waals surface area contributed by atoms with Crippen LogP contribution in [0, 0.1) is 5.92 Å². The quantitative estimate of drug-likeness (QED) is 0.750. The Morgan fingerprint density at radius 1 is 1.35 bits per heavy atom. The minimum absolute atomic E-state index is 0.0697. The molecule has 1 fully saturated rings. The molecule has 2 aromatic heterocycles. The number of carbonyl (C=O) groups is 2. The minimum Gasteiger partial charge on any atom is -0.480 e. The molecule has 0 bridgehead atoms. The van der Waals surface area contributed by atoms with Crippen LogP contribution in [0.4, 0.5) is 0 Å². The number of carbonyl (C=O) groups excluding carboxylic acids is 2. The Morgan fingerprint density at radius 2 is 2.15 bits per heavy atom. The number of aryl methyl sites for hydroxylation is 2. The highest BCUT2D eigenvalue weighted by Gasteiger charge is 2.36. The van der Waals surface area contributed by atoms with Gasteiger partial charge in [0.25, 0.3) is 11.8 Å². The lowest BCUT2D eigenvalue weighted by Gasteiger charge is -2.27. The minimum atomic E-state index is -0.234. The second kappa shape index (κ2) is 7.54. The summed E-state index contributed by atoms with van der Waals surface area (Å²) in [7, 11) is 3.46. The molecular weight excluding hydrogens is 338 g/mol. The van der Waals surface area contributed by atoms with E-state index in [1.54, 1.807) is 36.1 Å². The first kappa shape index (κ1) is 17.9. The number of likely N-dealkylation sites (tertiary alicyclic amines) is 1. The van der Waals surface area contributed by atoms with E-state index < -0.39 is 0 Å². The standard InChI is InChI=1S/C16H23N7O3/c1-11-4-5-23(16(25)14-8-18-20-22(14)3)13(11)7-17-15(24)10-26-12-6-19-21(2)9-12/h6,8-9,11,13H,4-5,7,10H2,1-3H3,(H,17,24). The Hall–Kier alpha value is -2.91. The lowest BCUT2D eigenvalue weighted by molar-refractivity contribution is -0.123. The first-order chi connectivity index (χ1) is 12.5. The molecule has 3 rings (SSSR count). The van der Waals surface area contributed by atoms with Crippen molar-refractivity contribution in [3.63, 3.8) is 0 Å². The zero-order valence-electron chi connectivity index (χ0n) is 15.1. The zero-order chi connectivity index (χ0) is 18.7. The molecule has 2 atom stereocenters. The van der Waals surface area contributed by atoms with E-state index in [2.05, 4.69) is 27.7 Å². The van der Waals surface area contributed by atoms with Crippen molar-refractivity contribution in [3.8, 4) is 5.75 Å². The van der Waals surface area contributed by atoms with E-state index in [0.29, 0.717) is 30.5 Å². The van der Waals surface area contributed by atoms with Crippen molar-refractivity contribution in [2.24, 2.45) is 20.0 Å². The predicted octanol–water partition coefficient (Wildman–Crippen LogP) is -0.406. The van der Waals surface area contributed by atoms with Crippen LogP contribution in [-0.2, 0) is 18.9 Å². The van der Waals surface area contributed by atoms with Crippen molar-refractivity contribution in [1.82, 2.24) is 35.0 Å². The van der Waals surface area contributed by atoms with Crippen molar-refractivity contribution >= 4 is 11.8 Å². The molecule has 0 saturated carbocycles. The van der Waals surface area contributed by atoms with Crippen LogP contribution in [0.5, 0.6) is 5.75 Å². The second-order valence-electron chi connectivity index (χ2n) is 6.52. The van der Waals surface area contributed by atoms with E-state index in [-0.39, 0.29) is 24.5 Å². The predicted molar refractivity (Wildman–Crippen MR) is 91.3 cm³/mol. The van der Waals surface area contributed by atoms with Gasteiger partial charge in [-0.05, 0) is 12.3 Å². The number of aromatic nitrogens is 5. The van der Waals surface area contributed by atoms with Crippen LogP contribution >= 0.6 is 0 Å². The molecule has 140 valence electrons. The highest BCUT2D eigenvalue weighted by molar-refractivity contribution is 5.92. The van der Waals surface area contributed by atoms with E-state index in [0.717, 1.165) is 6.42 Å². The molecule has 1 aliphatic rings. The maximum atomic E-state index is 12.7. The van der Waals surface area contributed by atoms with Crippen LogP contribution < -0.4 is 10.1 Å². The lowest BCUT2D eigenvalue weighted by Crippen LogP contribution is -2.46. The summed E-state index contributed by atoms with van der Waals surface area (Å²) in [6, 6.07) is -0.0697. The van der Waals surface area contributed by atoms with Gasteiger partial charge in [-0.1, -0.05) is 12.1 Å². The second-order valence-corrected chi connectivity index (χ2v) is 6.52. The molecule has 10 heteroatoms. The Balaban J connectivity index is 1.54. The van der Waals surface area contributed by atoms with Gasteiger partial charge < -0.3 is 15.0 Å². The summed E-state index contributed by atoms with van der Waals surface area (Å²) in [5.74, 6) is 0.479. The summed E-state index contributed by atoms with van der Waals surface area (Å²) in [5.41, 5.74) is 0.440. The topological polar surface area (TPSA) is 107 Å². The van der Waals surface area contributed by atoms with Gasteiger partial charge in [-0.15, -0.1) is 5.10 Å². The number of hydrogen-bond donors (Lipinski definition) is 1. The number of nitrogens with zero attached hydrogens (tertiary/aromatic N) is 6. The van der Waals surface area contributed by atoms with Gasteiger partial charge in [0.15, 0.2) is 12.4 Å². The number of nitrogens with one attached hydrogen (secondary N) is 1. The third kappa shape index (κ3) is 3.84. The highest BCUT2D eigenvalue weighted by Crippen LogP contribution is 2.25. The molecule has 0 spiro atoms. The maximum absolute atomic E-state index is 12.7. The fourth-order valence-corrected chi connectivity index (χ4v) is 3.09. The van der Waals surface area contributed by atoms with Crippen molar-refractivity contribution < 1.29 is 14.3 Å². The Kier molecular flexibility index (Phi) is 5.19. The molecule has 0 aliphatic carbocycles. The molecule has 1 saturated heterocycles. The molecule has 1 N–H and O–H groups in total. The largest absolute Gasteiger partial charge is 0.480 e. The Morgan fingerprint density at radius 3 is 2.81 bits per heavy atom. The summed E-state index contributed by atoms with van der Waals surface area (Å²) >= 11 is 0. The molecule has 2 aromatic rings. The van der Waals surface area contributed by atoms with Gasteiger partial charge in [0.2, 0.25) is 0 Å². The van der Waals surface area contributed by atoms with Crippen molar-refractivity contribution in [2.45, 2.75) is 19.4 Å². The molecule has 2 amide bonds. The first-order valence-electron chi connectivity index (χ1n) is 8.49. The molecule has 3 heterocycles. The van der Waals surface area contributed by atoms with Crippen LogP contribution in [-0.4, -0.2) is 67.2 Å². The third-order valence-corrected chi connectivity index (χ3v) is 4.64. The maximum Gasteiger partial charge on any atom is 0.274 e. The van der Waals surface area contributed by atoms with Gasteiger partial charge in [-0.2, -0.15) is 5.10 Å². The Labute approximate surface area is 151 Å². The van der Waals surface area contributed by atoms with Crippen LogP contribution in [0.25, 0.3) is 0 Å². The zero-order valence-corrected chi connectivity index (χ0v) is 15.1. The van der Waals surface area contributed by atoms with Gasteiger partial charge >= 0.3 is 0 Å². The van der Waals surface area contributed by atoms with Crippen molar-refractivity contribution in [3.05, 3.63) is 24.3 Å². The number of ether oxygens (including phenoxy) is 1. The Bertz CT molecular complexity index is 784. The fourth-order valence-electron chi connectivity index (χ4n) is 3.09. The van der Waals surface area contributed by atoms with Crippen LogP contribution in [0.15, 0.2) is 18.6 Å². The molecule has 0 radical (unpaired) electrons. The lowest BCUT2D eigenvalue weighted by atomic mass is 10.0. The monoisotopic (exact) mass is 361 g/mol. The summed E-state index contributed by atoms with van der Waals surface area (Å²) in [4.78, 5) is 26.6. The van der Waals surface area contributed by atoms with Gasteiger partial charge in [0.05, 0.1) is 24.6 Å². The van der Waals surface area contributed by atoms with Crippen molar-refractivity contribution in [2.75, 3.05) is 19.7 Å². The SMILES string of the molecule is CC1CCN(C(=O)c2cnnn2C)C1CNC(=O)COc1cnn(C)c1. The van der Waals surface area contributed by atoms with E-state index in [1.165, 1.54) is 10.9 Å². The molecule has 1 aliphatic heterocycles. The van der Waals surface area contributed by atoms with Crippen LogP contribution in [0.1, 0.15) is 23.8 Å². The van der Waals surface area contributed by atoms with E-state index >= 15 is 0 Å². The van der Waals surface area contributed by atoms with E-state index in [9.17, 15) is 9.59 Å². The van der Waals surface area contributed by atoms with Gasteiger partial charge in [-0.3, -0.25) is 14.3 Å². The summed E-state index contributed by atoms with van der Waals surface area (Å²) < 4.78 is 8.45. The first-order valence-corrected chi connectivity index (χ1v) is 8.49. The number of amides is 2. The average molecular weight is 361 g/mol. The normalized spacial score (nSPS) is 19.6. The summed E-state index contributed by atoms with van der Waals surface area (Å²) in [6.45, 7) is 3.02. The van der Waals surface area contributed by atoms with E-state index in [4.69, 9.17) is 4.74 Å². The third-order valence-electron chi connectivity index (χ3n) is 4.64. The number of hydrogen-bond acceptors (Lipinski definition) is 6. The molecule has 0 aromatic carbocycles. The van der Waals surface area contributed by atoms with Crippen LogP contribution in [0.3, 0.4) is 0 Å². The molecule has 10 nitrogen and oxygen atoms in total. The molecule has 26 heavy (non-hydrogen) atoms. The smallest absolute Gasteiger partial charge is 0.274 e. The van der Waals surface area contributed by atoms with Gasteiger partial charge in [0, 0.05) is 27.2 Å². The van der Waals surface area contributed by atoms with Crippen LogP contribution in [0.2, 0.25) is 0 Å². The highest BCUT2D eigenvalue weighted by atomic mass is 16.5. The average Bonchev–Trinajstić information content (AvgIpc) is 3.31.